The lowest BCUT2D eigenvalue weighted by Crippen LogP contribution is -2.48. The molecule has 1 fully saturated rings. The maximum atomic E-state index is 11.7. The van der Waals surface area contributed by atoms with Crippen molar-refractivity contribution >= 4 is 29.3 Å². The molecule has 0 atom stereocenters. The van der Waals surface area contributed by atoms with Gasteiger partial charge in [0, 0.05) is 19.3 Å². The number of halogens is 1. The SMILES string of the molecule is CCOC(=O)c1cnc(N2CCNCC2=O)c(Cl)c1. The summed E-state index contributed by atoms with van der Waals surface area (Å²) in [5.74, 6) is -0.194. The van der Waals surface area contributed by atoms with Crippen LogP contribution in [0.2, 0.25) is 5.02 Å². The van der Waals surface area contributed by atoms with Crippen molar-refractivity contribution in [3.05, 3.63) is 22.8 Å². The summed E-state index contributed by atoms with van der Waals surface area (Å²) < 4.78 is 4.86. The summed E-state index contributed by atoms with van der Waals surface area (Å²) in [6.07, 6.45) is 1.37. The van der Waals surface area contributed by atoms with Crippen LogP contribution in [0.3, 0.4) is 0 Å². The molecule has 1 aliphatic heterocycles. The number of esters is 1. The number of ether oxygens (including phenoxy) is 1. The molecule has 1 aliphatic rings. The van der Waals surface area contributed by atoms with Gasteiger partial charge in [-0.1, -0.05) is 11.6 Å². The molecule has 0 saturated carbocycles. The summed E-state index contributed by atoms with van der Waals surface area (Å²) >= 11 is 6.09. The number of piperazine rings is 1. The zero-order valence-electron chi connectivity index (χ0n) is 10.5. The van der Waals surface area contributed by atoms with Crippen LogP contribution >= 0.6 is 11.6 Å². The fourth-order valence-corrected chi connectivity index (χ4v) is 2.05. The van der Waals surface area contributed by atoms with Gasteiger partial charge in [-0.2, -0.15) is 0 Å². The van der Waals surface area contributed by atoms with Crippen LogP contribution in [0, 0.1) is 0 Å². The first-order valence-corrected chi connectivity index (χ1v) is 6.35. The van der Waals surface area contributed by atoms with Crippen LogP contribution in [-0.2, 0) is 9.53 Å². The van der Waals surface area contributed by atoms with Crippen molar-refractivity contribution < 1.29 is 14.3 Å². The van der Waals surface area contributed by atoms with E-state index >= 15 is 0 Å². The second-order valence-corrected chi connectivity index (χ2v) is 4.38. The molecule has 19 heavy (non-hydrogen) atoms. The second kappa shape index (κ2) is 5.99. The first kappa shape index (κ1) is 13.8. The number of aromatic nitrogens is 1. The van der Waals surface area contributed by atoms with Gasteiger partial charge in [-0.05, 0) is 13.0 Å². The number of rotatable bonds is 3. The molecule has 1 aromatic rings. The van der Waals surface area contributed by atoms with Crippen LogP contribution in [0.4, 0.5) is 5.82 Å². The normalized spacial score (nSPS) is 15.5. The van der Waals surface area contributed by atoms with Gasteiger partial charge < -0.3 is 10.1 Å². The Kier molecular flexibility index (Phi) is 4.34. The highest BCUT2D eigenvalue weighted by molar-refractivity contribution is 6.33. The van der Waals surface area contributed by atoms with E-state index in [-0.39, 0.29) is 29.6 Å². The van der Waals surface area contributed by atoms with E-state index in [9.17, 15) is 9.59 Å². The summed E-state index contributed by atoms with van der Waals surface area (Å²) in [6.45, 7) is 3.46. The predicted molar refractivity (Wildman–Crippen MR) is 70.4 cm³/mol. The van der Waals surface area contributed by atoms with Crippen molar-refractivity contribution in [2.24, 2.45) is 0 Å². The van der Waals surface area contributed by atoms with Crippen LogP contribution in [0.1, 0.15) is 17.3 Å². The van der Waals surface area contributed by atoms with Crippen LogP contribution in [0.15, 0.2) is 12.3 Å². The first-order chi connectivity index (χ1) is 9.13. The average Bonchev–Trinajstić information content (AvgIpc) is 2.40. The minimum Gasteiger partial charge on any atom is -0.462 e. The van der Waals surface area contributed by atoms with Crippen molar-refractivity contribution in [3.63, 3.8) is 0 Å². The van der Waals surface area contributed by atoms with Crippen molar-refractivity contribution in [1.29, 1.82) is 0 Å². The smallest absolute Gasteiger partial charge is 0.339 e. The maximum absolute atomic E-state index is 11.7. The van der Waals surface area contributed by atoms with Gasteiger partial charge in [0.15, 0.2) is 5.82 Å². The molecule has 102 valence electrons. The Morgan fingerprint density at radius 1 is 1.63 bits per heavy atom. The molecule has 1 N–H and O–H groups in total. The highest BCUT2D eigenvalue weighted by atomic mass is 35.5. The van der Waals surface area contributed by atoms with Crippen LogP contribution in [0.5, 0.6) is 0 Å². The number of amides is 1. The summed E-state index contributed by atoms with van der Waals surface area (Å²) in [5.41, 5.74) is 0.276. The molecular formula is C12H14ClN3O3. The fourth-order valence-electron chi connectivity index (χ4n) is 1.79. The molecule has 1 amide bonds. The van der Waals surface area contributed by atoms with Gasteiger partial charge in [-0.3, -0.25) is 9.69 Å². The molecule has 0 radical (unpaired) electrons. The number of pyridine rings is 1. The minimum atomic E-state index is -0.477. The molecule has 2 heterocycles. The van der Waals surface area contributed by atoms with Crippen LogP contribution in [0.25, 0.3) is 0 Å². The lowest BCUT2D eigenvalue weighted by molar-refractivity contribution is -0.118. The highest BCUT2D eigenvalue weighted by Crippen LogP contribution is 2.25. The van der Waals surface area contributed by atoms with E-state index in [4.69, 9.17) is 16.3 Å². The molecule has 0 bridgehead atoms. The molecule has 7 heteroatoms. The van der Waals surface area contributed by atoms with Crippen molar-refractivity contribution in [3.8, 4) is 0 Å². The van der Waals surface area contributed by atoms with E-state index in [2.05, 4.69) is 10.3 Å². The third-order valence-corrected chi connectivity index (χ3v) is 2.96. The van der Waals surface area contributed by atoms with E-state index in [1.165, 1.54) is 17.2 Å². The Labute approximate surface area is 115 Å². The van der Waals surface area contributed by atoms with Crippen molar-refractivity contribution in [1.82, 2.24) is 10.3 Å². The van der Waals surface area contributed by atoms with Crippen molar-refractivity contribution in [2.75, 3.05) is 31.1 Å². The molecule has 6 nitrogen and oxygen atoms in total. The van der Waals surface area contributed by atoms with E-state index in [0.29, 0.717) is 18.9 Å². The summed E-state index contributed by atoms with van der Waals surface area (Å²) in [6, 6.07) is 1.47. The Morgan fingerprint density at radius 2 is 2.42 bits per heavy atom. The quantitative estimate of drug-likeness (QED) is 0.833. The Morgan fingerprint density at radius 3 is 3.05 bits per heavy atom. The third kappa shape index (κ3) is 3.02. The van der Waals surface area contributed by atoms with Gasteiger partial charge in [0.2, 0.25) is 5.91 Å². The topological polar surface area (TPSA) is 71.5 Å². The Bertz CT molecular complexity index is 507. The number of hydrogen-bond donors (Lipinski definition) is 1. The van der Waals surface area contributed by atoms with Gasteiger partial charge in [-0.25, -0.2) is 9.78 Å². The Balaban J connectivity index is 2.23. The summed E-state index contributed by atoms with van der Waals surface area (Å²) in [5, 5.41) is 3.23. The monoisotopic (exact) mass is 283 g/mol. The lowest BCUT2D eigenvalue weighted by Gasteiger charge is -2.27. The van der Waals surface area contributed by atoms with Gasteiger partial charge in [0.05, 0.1) is 23.7 Å². The predicted octanol–water partition coefficient (Wildman–Crippen LogP) is 0.848. The number of anilines is 1. The van der Waals surface area contributed by atoms with Crippen molar-refractivity contribution in [2.45, 2.75) is 6.92 Å². The number of nitrogens with zero attached hydrogens (tertiary/aromatic N) is 2. The number of carbonyl (C=O) groups is 2. The van der Waals surface area contributed by atoms with Gasteiger partial charge in [0.25, 0.3) is 0 Å². The number of hydrogen-bond acceptors (Lipinski definition) is 5. The molecule has 1 saturated heterocycles. The van der Waals surface area contributed by atoms with E-state index in [1.807, 2.05) is 0 Å². The maximum Gasteiger partial charge on any atom is 0.339 e. The molecule has 2 rings (SSSR count). The third-order valence-electron chi connectivity index (χ3n) is 2.68. The van der Waals surface area contributed by atoms with Crippen LogP contribution < -0.4 is 10.2 Å². The highest BCUT2D eigenvalue weighted by Gasteiger charge is 2.23. The zero-order chi connectivity index (χ0) is 13.8. The molecular weight excluding hydrogens is 270 g/mol. The molecule has 1 aromatic heterocycles. The van der Waals surface area contributed by atoms with Gasteiger partial charge in [-0.15, -0.1) is 0 Å². The molecule has 0 unspecified atom stereocenters. The summed E-state index contributed by atoms with van der Waals surface area (Å²) in [7, 11) is 0. The van der Waals surface area contributed by atoms with E-state index in [1.54, 1.807) is 6.92 Å². The van der Waals surface area contributed by atoms with Gasteiger partial charge >= 0.3 is 5.97 Å². The summed E-state index contributed by atoms with van der Waals surface area (Å²) in [4.78, 5) is 28.9. The lowest BCUT2D eigenvalue weighted by atomic mass is 10.2. The van der Waals surface area contributed by atoms with Gasteiger partial charge in [0.1, 0.15) is 0 Å². The van der Waals surface area contributed by atoms with Crippen LogP contribution in [-0.4, -0.2) is 43.1 Å². The van der Waals surface area contributed by atoms with E-state index in [0.717, 1.165) is 0 Å². The molecule has 0 spiro atoms. The fraction of sp³-hybridized carbons (Fsp3) is 0.417. The minimum absolute atomic E-state index is 0.0930. The van der Waals surface area contributed by atoms with E-state index < -0.39 is 5.97 Å². The zero-order valence-corrected chi connectivity index (χ0v) is 11.2. The average molecular weight is 284 g/mol. The molecule has 0 aliphatic carbocycles. The molecule has 0 aromatic carbocycles. The first-order valence-electron chi connectivity index (χ1n) is 5.97. The second-order valence-electron chi connectivity index (χ2n) is 3.97. The Hall–Kier alpha value is -1.66. The number of carbonyl (C=O) groups excluding carboxylic acids is 2. The number of nitrogens with one attached hydrogen (secondary N) is 1. The standard InChI is InChI=1S/C12H14ClN3O3/c1-2-19-12(18)8-5-9(13)11(15-6-8)16-4-3-14-7-10(16)17/h5-6,14H,2-4,7H2,1H3. The largest absolute Gasteiger partial charge is 0.462 e.